The summed E-state index contributed by atoms with van der Waals surface area (Å²) in [6.45, 7) is 7.72. The van der Waals surface area contributed by atoms with Crippen LogP contribution in [0.3, 0.4) is 0 Å². The highest BCUT2D eigenvalue weighted by molar-refractivity contribution is 5.52. The van der Waals surface area contributed by atoms with Gasteiger partial charge in [0.25, 0.3) is 0 Å². The molecular formula is C15H20O. The van der Waals surface area contributed by atoms with Crippen LogP contribution < -0.4 is 0 Å². The Morgan fingerprint density at radius 1 is 1.38 bits per heavy atom. The molecule has 0 aromatic heterocycles. The highest BCUT2D eigenvalue weighted by Crippen LogP contribution is 2.16. The SMILES string of the molecule is C=C[C@@H](C)[C@H](O)C/C(C)=C/c1ccccc1. The monoisotopic (exact) mass is 216 g/mol. The van der Waals surface area contributed by atoms with E-state index >= 15 is 0 Å². The minimum absolute atomic E-state index is 0.138. The summed E-state index contributed by atoms with van der Waals surface area (Å²) in [5.41, 5.74) is 2.37. The molecule has 0 amide bonds. The fourth-order valence-electron chi connectivity index (χ4n) is 1.57. The Kier molecular flexibility index (Phi) is 5.00. The van der Waals surface area contributed by atoms with E-state index in [1.165, 1.54) is 11.1 Å². The number of rotatable bonds is 5. The molecule has 0 unspecified atom stereocenters. The van der Waals surface area contributed by atoms with Gasteiger partial charge in [-0.05, 0) is 24.8 Å². The molecule has 1 aromatic rings. The van der Waals surface area contributed by atoms with E-state index in [4.69, 9.17) is 0 Å². The fraction of sp³-hybridized carbons (Fsp3) is 0.333. The predicted octanol–water partition coefficient (Wildman–Crippen LogP) is 3.66. The van der Waals surface area contributed by atoms with E-state index in [2.05, 4.69) is 24.8 Å². The molecule has 0 bridgehead atoms. The second kappa shape index (κ2) is 6.29. The zero-order valence-electron chi connectivity index (χ0n) is 10.1. The maximum absolute atomic E-state index is 9.85. The number of hydrogen-bond acceptors (Lipinski definition) is 1. The van der Waals surface area contributed by atoms with Crippen molar-refractivity contribution in [2.45, 2.75) is 26.4 Å². The van der Waals surface area contributed by atoms with Crippen molar-refractivity contribution >= 4 is 6.08 Å². The molecule has 0 saturated heterocycles. The predicted molar refractivity (Wildman–Crippen MR) is 70.1 cm³/mol. The lowest BCUT2D eigenvalue weighted by Crippen LogP contribution is -2.15. The van der Waals surface area contributed by atoms with Gasteiger partial charge in [-0.2, -0.15) is 0 Å². The van der Waals surface area contributed by atoms with Gasteiger partial charge in [-0.1, -0.05) is 55.0 Å². The van der Waals surface area contributed by atoms with Crippen LogP contribution >= 0.6 is 0 Å². The van der Waals surface area contributed by atoms with Crippen molar-refractivity contribution in [1.82, 2.24) is 0 Å². The van der Waals surface area contributed by atoms with Crippen LogP contribution in [0, 0.1) is 5.92 Å². The van der Waals surface area contributed by atoms with Gasteiger partial charge in [0.1, 0.15) is 0 Å². The van der Waals surface area contributed by atoms with E-state index in [9.17, 15) is 5.11 Å². The number of hydrogen-bond donors (Lipinski definition) is 1. The summed E-state index contributed by atoms with van der Waals surface area (Å²) in [5, 5.41) is 9.85. The zero-order chi connectivity index (χ0) is 12.0. The summed E-state index contributed by atoms with van der Waals surface area (Å²) in [5.74, 6) is 0.138. The lowest BCUT2D eigenvalue weighted by atomic mass is 9.97. The lowest BCUT2D eigenvalue weighted by molar-refractivity contribution is 0.138. The summed E-state index contributed by atoms with van der Waals surface area (Å²) in [6.07, 6.45) is 4.26. The van der Waals surface area contributed by atoms with Gasteiger partial charge >= 0.3 is 0 Å². The molecule has 0 heterocycles. The standard InChI is InChI=1S/C15H20O/c1-4-13(3)15(16)11-12(2)10-14-8-6-5-7-9-14/h4-10,13,15-16H,1,11H2,2-3H3/b12-10+/t13-,15-/m1/s1. The highest BCUT2D eigenvalue weighted by Gasteiger charge is 2.10. The number of benzene rings is 1. The van der Waals surface area contributed by atoms with Gasteiger partial charge in [-0.15, -0.1) is 6.58 Å². The van der Waals surface area contributed by atoms with Gasteiger partial charge < -0.3 is 5.11 Å². The molecule has 1 N–H and O–H groups in total. The highest BCUT2D eigenvalue weighted by atomic mass is 16.3. The molecule has 1 nitrogen and oxygen atoms in total. The van der Waals surface area contributed by atoms with Crippen LogP contribution in [0.5, 0.6) is 0 Å². The molecule has 0 aliphatic carbocycles. The summed E-state index contributed by atoms with van der Waals surface area (Å²) in [7, 11) is 0. The number of aliphatic hydroxyl groups excluding tert-OH is 1. The Hall–Kier alpha value is -1.34. The molecule has 86 valence electrons. The Bertz CT molecular complexity index is 351. The van der Waals surface area contributed by atoms with E-state index < -0.39 is 0 Å². The zero-order valence-corrected chi connectivity index (χ0v) is 10.1. The molecule has 0 aliphatic rings. The molecule has 1 heteroatoms. The van der Waals surface area contributed by atoms with Gasteiger partial charge in [0.05, 0.1) is 6.10 Å². The summed E-state index contributed by atoms with van der Waals surface area (Å²) >= 11 is 0. The molecule has 2 atom stereocenters. The Labute approximate surface area is 98.1 Å². The van der Waals surface area contributed by atoms with Crippen LogP contribution in [0.1, 0.15) is 25.8 Å². The molecule has 0 aliphatic heterocycles. The van der Waals surface area contributed by atoms with Crippen molar-refractivity contribution in [2.24, 2.45) is 5.92 Å². The third-order valence-electron chi connectivity index (χ3n) is 2.72. The van der Waals surface area contributed by atoms with E-state index in [1.807, 2.05) is 32.0 Å². The quantitative estimate of drug-likeness (QED) is 0.745. The second-order valence-electron chi connectivity index (χ2n) is 4.27. The first-order valence-electron chi connectivity index (χ1n) is 5.66. The van der Waals surface area contributed by atoms with Crippen LogP contribution in [0.2, 0.25) is 0 Å². The topological polar surface area (TPSA) is 20.2 Å². The molecule has 1 rings (SSSR count). The van der Waals surface area contributed by atoms with Crippen molar-refractivity contribution in [1.29, 1.82) is 0 Å². The van der Waals surface area contributed by atoms with Gasteiger partial charge in [0, 0.05) is 0 Å². The van der Waals surface area contributed by atoms with Crippen molar-refractivity contribution in [3.05, 3.63) is 54.1 Å². The molecular weight excluding hydrogens is 196 g/mol. The van der Waals surface area contributed by atoms with Gasteiger partial charge in [-0.3, -0.25) is 0 Å². The van der Waals surface area contributed by atoms with Gasteiger partial charge in [0.2, 0.25) is 0 Å². The first-order chi connectivity index (χ1) is 7.63. The van der Waals surface area contributed by atoms with Crippen LogP contribution in [-0.4, -0.2) is 11.2 Å². The second-order valence-corrected chi connectivity index (χ2v) is 4.27. The summed E-state index contributed by atoms with van der Waals surface area (Å²) in [6, 6.07) is 10.2. The van der Waals surface area contributed by atoms with E-state index in [0.29, 0.717) is 6.42 Å². The van der Waals surface area contributed by atoms with Crippen molar-refractivity contribution in [3.63, 3.8) is 0 Å². The Morgan fingerprint density at radius 2 is 2.00 bits per heavy atom. The van der Waals surface area contributed by atoms with E-state index in [0.717, 1.165) is 0 Å². The van der Waals surface area contributed by atoms with Crippen LogP contribution in [0.4, 0.5) is 0 Å². The summed E-state index contributed by atoms with van der Waals surface area (Å²) in [4.78, 5) is 0. The van der Waals surface area contributed by atoms with Crippen LogP contribution in [0.15, 0.2) is 48.6 Å². The fourth-order valence-corrected chi connectivity index (χ4v) is 1.57. The molecule has 0 radical (unpaired) electrons. The minimum Gasteiger partial charge on any atom is -0.392 e. The largest absolute Gasteiger partial charge is 0.392 e. The smallest absolute Gasteiger partial charge is 0.0637 e. The number of aliphatic hydroxyl groups is 1. The Morgan fingerprint density at radius 3 is 2.56 bits per heavy atom. The average molecular weight is 216 g/mol. The molecule has 16 heavy (non-hydrogen) atoms. The molecule has 1 aromatic carbocycles. The minimum atomic E-state index is -0.336. The maximum atomic E-state index is 9.85. The average Bonchev–Trinajstić information content (AvgIpc) is 2.29. The lowest BCUT2D eigenvalue weighted by Gasteiger charge is -2.15. The third-order valence-corrected chi connectivity index (χ3v) is 2.72. The Balaban J connectivity index is 2.62. The molecule has 0 fully saturated rings. The van der Waals surface area contributed by atoms with Crippen LogP contribution in [-0.2, 0) is 0 Å². The summed E-state index contributed by atoms with van der Waals surface area (Å²) < 4.78 is 0. The maximum Gasteiger partial charge on any atom is 0.0637 e. The van der Waals surface area contributed by atoms with E-state index in [-0.39, 0.29) is 12.0 Å². The van der Waals surface area contributed by atoms with Crippen molar-refractivity contribution < 1.29 is 5.11 Å². The van der Waals surface area contributed by atoms with Crippen LogP contribution in [0.25, 0.3) is 6.08 Å². The normalized spacial score (nSPS) is 15.6. The molecule has 0 saturated carbocycles. The van der Waals surface area contributed by atoms with Crippen molar-refractivity contribution in [3.8, 4) is 0 Å². The molecule has 0 spiro atoms. The van der Waals surface area contributed by atoms with Gasteiger partial charge in [0.15, 0.2) is 0 Å². The van der Waals surface area contributed by atoms with Crippen molar-refractivity contribution in [2.75, 3.05) is 0 Å². The van der Waals surface area contributed by atoms with E-state index in [1.54, 1.807) is 6.08 Å². The first-order valence-corrected chi connectivity index (χ1v) is 5.66. The van der Waals surface area contributed by atoms with Gasteiger partial charge in [-0.25, -0.2) is 0 Å². The first kappa shape index (κ1) is 12.7. The third kappa shape index (κ3) is 4.03.